The van der Waals surface area contributed by atoms with E-state index in [1.165, 1.54) is 0 Å². The van der Waals surface area contributed by atoms with Gasteiger partial charge in [-0.25, -0.2) is 4.98 Å². The number of nitrogens with zero attached hydrogens (tertiary/aromatic N) is 3. The van der Waals surface area contributed by atoms with Crippen LogP contribution in [0.15, 0.2) is 24.5 Å². The number of rotatable bonds is 4. The van der Waals surface area contributed by atoms with E-state index in [2.05, 4.69) is 22.1 Å². The van der Waals surface area contributed by atoms with Gasteiger partial charge < -0.3 is 14.6 Å². The van der Waals surface area contributed by atoms with Crippen molar-refractivity contribution in [2.24, 2.45) is 0 Å². The molecule has 5 heteroatoms. The Morgan fingerprint density at radius 1 is 1.53 bits per heavy atom. The second-order valence-corrected chi connectivity index (χ2v) is 5.12. The smallest absolute Gasteiger partial charge is 0.271 e. The summed E-state index contributed by atoms with van der Waals surface area (Å²) in [5.41, 5.74) is 2.38. The highest BCUT2D eigenvalue weighted by atomic mass is 16.1. The molecule has 0 radical (unpaired) electrons. The largest absolute Gasteiger partial charge is 0.349 e. The maximum atomic E-state index is 12.0. The van der Waals surface area contributed by atoms with Gasteiger partial charge in [0.1, 0.15) is 11.3 Å². The van der Waals surface area contributed by atoms with E-state index in [0.717, 1.165) is 11.2 Å². The average Bonchev–Trinajstić information content (AvgIpc) is 2.78. The number of likely N-dealkylation sites (N-methyl/N-ethyl adjacent to an activating group) is 1. The number of hydrogen-bond donors (Lipinski definition) is 1. The molecule has 1 N–H and O–H groups in total. The topological polar surface area (TPSA) is 49.6 Å². The summed E-state index contributed by atoms with van der Waals surface area (Å²) in [6.45, 7) is 4.68. The SMILES string of the molecule is Cc1ccn2cc(C(=O)NC[C@H](C)N(C)C)nc2c1. The van der Waals surface area contributed by atoms with Gasteiger partial charge in [0.05, 0.1) is 0 Å². The van der Waals surface area contributed by atoms with E-state index in [1.54, 1.807) is 6.20 Å². The maximum absolute atomic E-state index is 12.0. The van der Waals surface area contributed by atoms with Crippen molar-refractivity contribution >= 4 is 11.6 Å². The van der Waals surface area contributed by atoms with Crippen LogP contribution in [0.25, 0.3) is 5.65 Å². The van der Waals surface area contributed by atoms with E-state index < -0.39 is 0 Å². The number of hydrogen-bond acceptors (Lipinski definition) is 3. The molecule has 102 valence electrons. The summed E-state index contributed by atoms with van der Waals surface area (Å²) >= 11 is 0. The first-order valence-electron chi connectivity index (χ1n) is 6.37. The summed E-state index contributed by atoms with van der Waals surface area (Å²) < 4.78 is 1.86. The van der Waals surface area contributed by atoms with Crippen LogP contribution >= 0.6 is 0 Å². The zero-order valence-corrected chi connectivity index (χ0v) is 11.8. The van der Waals surface area contributed by atoms with Crippen molar-refractivity contribution in [1.29, 1.82) is 0 Å². The van der Waals surface area contributed by atoms with Gasteiger partial charge in [0.15, 0.2) is 0 Å². The minimum Gasteiger partial charge on any atom is -0.349 e. The van der Waals surface area contributed by atoms with Crippen LogP contribution in [-0.2, 0) is 0 Å². The molecule has 0 saturated heterocycles. The summed E-state index contributed by atoms with van der Waals surface area (Å²) in [5.74, 6) is -0.130. The fourth-order valence-corrected chi connectivity index (χ4v) is 1.71. The molecule has 0 aliphatic carbocycles. The first-order valence-corrected chi connectivity index (χ1v) is 6.37. The van der Waals surface area contributed by atoms with E-state index in [4.69, 9.17) is 0 Å². The molecular weight excluding hydrogens is 240 g/mol. The summed E-state index contributed by atoms with van der Waals surface area (Å²) in [6.07, 6.45) is 3.67. The van der Waals surface area contributed by atoms with Gasteiger partial charge in [-0.3, -0.25) is 4.79 Å². The second-order valence-electron chi connectivity index (χ2n) is 5.12. The minimum absolute atomic E-state index is 0.130. The number of carbonyl (C=O) groups is 1. The van der Waals surface area contributed by atoms with Gasteiger partial charge in [0.25, 0.3) is 5.91 Å². The third-order valence-electron chi connectivity index (χ3n) is 3.29. The van der Waals surface area contributed by atoms with Crippen molar-refractivity contribution in [3.8, 4) is 0 Å². The molecule has 19 heavy (non-hydrogen) atoms. The Kier molecular flexibility index (Phi) is 3.85. The molecule has 5 nitrogen and oxygen atoms in total. The average molecular weight is 260 g/mol. The van der Waals surface area contributed by atoms with Crippen LogP contribution in [0.2, 0.25) is 0 Å². The van der Waals surface area contributed by atoms with Crippen LogP contribution < -0.4 is 5.32 Å². The third-order valence-corrected chi connectivity index (χ3v) is 3.29. The summed E-state index contributed by atoms with van der Waals surface area (Å²) in [5, 5.41) is 2.90. The Morgan fingerprint density at radius 3 is 2.95 bits per heavy atom. The third kappa shape index (κ3) is 3.12. The van der Waals surface area contributed by atoms with E-state index in [9.17, 15) is 4.79 Å². The summed E-state index contributed by atoms with van der Waals surface area (Å²) in [4.78, 5) is 18.4. The lowest BCUT2D eigenvalue weighted by molar-refractivity contribution is 0.0939. The maximum Gasteiger partial charge on any atom is 0.271 e. The number of pyridine rings is 1. The quantitative estimate of drug-likeness (QED) is 0.902. The molecule has 0 unspecified atom stereocenters. The molecule has 2 heterocycles. The first kappa shape index (κ1) is 13.5. The number of nitrogens with one attached hydrogen (secondary N) is 1. The number of amides is 1. The summed E-state index contributed by atoms with van der Waals surface area (Å²) in [6, 6.07) is 4.24. The predicted octanol–water partition coefficient (Wildman–Crippen LogP) is 1.32. The van der Waals surface area contributed by atoms with Gasteiger partial charge in [0, 0.05) is 25.0 Å². The molecule has 1 atom stereocenters. The first-order chi connectivity index (χ1) is 8.97. The molecule has 0 aliphatic rings. The number of aryl methyl sites for hydroxylation is 1. The molecule has 0 fully saturated rings. The van der Waals surface area contributed by atoms with E-state index in [0.29, 0.717) is 18.3 Å². The van der Waals surface area contributed by atoms with E-state index in [1.807, 2.05) is 43.7 Å². The fraction of sp³-hybridized carbons (Fsp3) is 0.429. The van der Waals surface area contributed by atoms with Crippen LogP contribution in [0.3, 0.4) is 0 Å². The highest BCUT2D eigenvalue weighted by molar-refractivity contribution is 5.92. The number of imidazole rings is 1. The van der Waals surface area contributed by atoms with Gasteiger partial charge >= 0.3 is 0 Å². The molecule has 2 rings (SSSR count). The lowest BCUT2D eigenvalue weighted by Crippen LogP contribution is -2.38. The van der Waals surface area contributed by atoms with Crippen LogP contribution in [-0.4, -0.2) is 46.9 Å². The molecule has 0 bridgehead atoms. The van der Waals surface area contributed by atoms with Crippen molar-refractivity contribution in [3.63, 3.8) is 0 Å². The zero-order valence-electron chi connectivity index (χ0n) is 11.8. The van der Waals surface area contributed by atoms with Crippen molar-refractivity contribution < 1.29 is 4.79 Å². The van der Waals surface area contributed by atoms with Gasteiger partial charge in [-0.05, 0) is 45.6 Å². The molecule has 2 aromatic heterocycles. The van der Waals surface area contributed by atoms with Crippen molar-refractivity contribution in [2.45, 2.75) is 19.9 Å². The second kappa shape index (κ2) is 5.40. The van der Waals surface area contributed by atoms with Gasteiger partial charge in [-0.2, -0.15) is 0 Å². The highest BCUT2D eigenvalue weighted by Gasteiger charge is 2.12. The number of fused-ring (bicyclic) bond motifs is 1. The monoisotopic (exact) mass is 260 g/mol. The van der Waals surface area contributed by atoms with Crippen molar-refractivity contribution in [2.75, 3.05) is 20.6 Å². The number of carbonyl (C=O) groups excluding carboxylic acids is 1. The van der Waals surface area contributed by atoms with Crippen LogP contribution in [0.5, 0.6) is 0 Å². The Morgan fingerprint density at radius 2 is 2.26 bits per heavy atom. The Hall–Kier alpha value is -1.88. The molecule has 1 amide bonds. The predicted molar refractivity (Wildman–Crippen MR) is 75.4 cm³/mol. The Balaban J connectivity index is 2.09. The van der Waals surface area contributed by atoms with Crippen molar-refractivity contribution in [1.82, 2.24) is 19.6 Å². The van der Waals surface area contributed by atoms with Gasteiger partial charge in [-0.1, -0.05) is 0 Å². The molecule has 0 spiro atoms. The highest BCUT2D eigenvalue weighted by Crippen LogP contribution is 2.07. The normalized spacial score (nSPS) is 12.9. The molecule has 2 aromatic rings. The molecule has 0 saturated carbocycles. The van der Waals surface area contributed by atoms with Crippen molar-refractivity contribution in [3.05, 3.63) is 35.8 Å². The van der Waals surface area contributed by atoms with E-state index in [-0.39, 0.29) is 5.91 Å². The fourth-order valence-electron chi connectivity index (χ4n) is 1.71. The Bertz CT molecular complexity index is 588. The lowest BCUT2D eigenvalue weighted by atomic mass is 10.3. The summed E-state index contributed by atoms with van der Waals surface area (Å²) in [7, 11) is 3.98. The Labute approximate surface area is 113 Å². The van der Waals surface area contributed by atoms with Gasteiger partial charge in [-0.15, -0.1) is 0 Å². The standard InChI is InChI=1S/C14H20N4O/c1-10-5-6-18-9-12(16-13(18)7-10)14(19)15-8-11(2)17(3)4/h5-7,9,11H,8H2,1-4H3,(H,15,19)/t11-/m0/s1. The minimum atomic E-state index is -0.130. The van der Waals surface area contributed by atoms with E-state index >= 15 is 0 Å². The van der Waals surface area contributed by atoms with Crippen LogP contribution in [0.1, 0.15) is 23.0 Å². The van der Waals surface area contributed by atoms with Crippen LogP contribution in [0, 0.1) is 6.92 Å². The van der Waals surface area contributed by atoms with Gasteiger partial charge in [0.2, 0.25) is 0 Å². The molecule has 0 aliphatic heterocycles. The molecular formula is C14H20N4O. The molecule has 0 aromatic carbocycles. The zero-order chi connectivity index (χ0) is 14.0. The van der Waals surface area contributed by atoms with Crippen LogP contribution in [0.4, 0.5) is 0 Å². The number of aromatic nitrogens is 2. The lowest BCUT2D eigenvalue weighted by Gasteiger charge is -2.19.